The summed E-state index contributed by atoms with van der Waals surface area (Å²) < 4.78 is 13.2. The lowest BCUT2D eigenvalue weighted by molar-refractivity contribution is 0.102. The van der Waals surface area contributed by atoms with Gasteiger partial charge >= 0.3 is 0 Å². The summed E-state index contributed by atoms with van der Waals surface area (Å²) in [6.07, 6.45) is 1.69. The highest BCUT2D eigenvalue weighted by Gasteiger charge is 2.21. The molecule has 3 aromatic heterocycles. The number of pyridine rings is 1. The number of carbonyl (C=O) groups is 1. The molecule has 0 radical (unpaired) electrons. The lowest BCUT2D eigenvalue weighted by Crippen LogP contribution is -2.15. The van der Waals surface area contributed by atoms with Crippen LogP contribution in [0.4, 0.5) is 5.13 Å². The predicted molar refractivity (Wildman–Crippen MR) is 126 cm³/mol. The number of hydrogen-bond donors (Lipinski definition) is 1. The van der Waals surface area contributed by atoms with E-state index in [0.717, 1.165) is 10.6 Å². The molecule has 5 rings (SSSR count). The Kier molecular flexibility index (Phi) is 5.45. The Morgan fingerprint density at radius 3 is 2.61 bits per heavy atom. The first kappa shape index (κ1) is 21.3. The van der Waals surface area contributed by atoms with E-state index in [9.17, 15) is 4.79 Å². The number of benzene rings is 1. The van der Waals surface area contributed by atoms with E-state index in [4.69, 9.17) is 14.5 Å². The number of rotatable bonds is 5. The van der Waals surface area contributed by atoms with Gasteiger partial charge in [0.05, 0.1) is 22.8 Å². The fourth-order valence-corrected chi connectivity index (χ4v) is 4.36. The van der Waals surface area contributed by atoms with Gasteiger partial charge in [0.15, 0.2) is 17.1 Å². The number of carbonyl (C=O) groups excluding carboxylic acids is 1. The van der Waals surface area contributed by atoms with Crippen molar-refractivity contribution in [1.82, 2.24) is 25.0 Å². The van der Waals surface area contributed by atoms with E-state index in [2.05, 4.69) is 20.6 Å². The highest BCUT2D eigenvalue weighted by molar-refractivity contribution is 7.15. The molecule has 33 heavy (non-hydrogen) atoms. The van der Waals surface area contributed by atoms with Crippen molar-refractivity contribution in [3.63, 3.8) is 0 Å². The van der Waals surface area contributed by atoms with Crippen molar-refractivity contribution >= 4 is 33.4 Å². The molecule has 0 saturated heterocycles. The average Bonchev–Trinajstić information content (AvgIpc) is 3.45. The molecule has 0 saturated carbocycles. The van der Waals surface area contributed by atoms with Crippen LogP contribution in [0.15, 0.2) is 30.5 Å². The molecule has 4 aromatic rings. The fourth-order valence-electron chi connectivity index (χ4n) is 3.62. The molecule has 0 aliphatic carbocycles. The first-order chi connectivity index (χ1) is 15.9. The standard InChI is InChI=1S/C23H24N6O3S/c1-12(2)22-27-28-23(33-22)26-21(30)15-10-17(25-20-16(15)11-24-29(20)13(3)4)14-5-6-18-19(9-14)32-8-7-31-18/h5-6,9-13H,7-8H2,1-4H3,(H,26,28,30). The van der Waals surface area contributed by atoms with Crippen molar-refractivity contribution in [1.29, 1.82) is 0 Å². The molecule has 1 N–H and O–H groups in total. The van der Waals surface area contributed by atoms with Crippen molar-refractivity contribution in [2.24, 2.45) is 0 Å². The van der Waals surface area contributed by atoms with Crippen LogP contribution in [0.25, 0.3) is 22.3 Å². The first-order valence-electron chi connectivity index (χ1n) is 10.8. The van der Waals surface area contributed by atoms with Crippen molar-refractivity contribution in [3.8, 4) is 22.8 Å². The number of nitrogens with one attached hydrogen (secondary N) is 1. The number of aromatic nitrogens is 5. The molecule has 4 heterocycles. The van der Waals surface area contributed by atoms with Crippen molar-refractivity contribution < 1.29 is 14.3 Å². The molecule has 0 bridgehead atoms. The van der Waals surface area contributed by atoms with Crippen LogP contribution in [0.1, 0.15) is 55.0 Å². The summed E-state index contributed by atoms with van der Waals surface area (Å²) in [5.74, 6) is 1.33. The Bertz CT molecular complexity index is 1340. The largest absolute Gasteiger partial charge is 0.486 e. The molecule has 0 atom stereocenters. The van der Waals surface area contributed by atoms with E-state index >= 15 is 0 Å². The van der Waals surface area contributed by atoms with Gasteiger partial charge in [-0.05, 0) is 38.1 Å². The van der Waals surface area contributed by atoms with E-state index in [1.54, 1.807) is 12.3 Å². The topological polar surface area (TPSA) is 104 Å². The van der Waals surface area contributed by atoms with Crippen LogP contribution in [0, 0.1) is 0 Å². The van der Waals surface area contributed by atoms with E-state index in [1.807, 2.05) is 50.6 Å². The van der Waals surface area contributed by atoms with Gasteiger partial charge in [0.1, 0.15) is 18.2 Å². The lowest BCUT2D eigenvalue weighted by Gasteiger charge is -2.19. The summed E-state index contributed by atoms with van der Waals surface area (Å²) in [4.78, 5) is 18.2. The number of anilines is 1. The van der Waals surface area contributed by atoms with Crippen molar-refractivity contribution in [3.05, 3.63) is 41.0 Å². The maximum absolute atomic E-state index is 13.3. The summed E-state index contributed by atoms with van der Waals surface area (Å²) >= 11 is 1.37. The summed E-state index contributed by atoms with van der Waals surface area (Å²) in [6.45, 7) is 9.16. The SMILES string of the molecule is CC(C)c1nnc(NC(=O)c2cc(-c3ccc4c(c3)OCCO4)nc3c2cnn3C(C)C)s1. The van der Waals surface area contributed by atoms with Crippen molar-refractivity contribution in [2.75, 3.05) is 18.5 Å². The zero-order valence-electron chi connectivity index (χ0n) is 18.8. The van der Waals surface area contributed by atoms with E-state index in [-0.39, 0.29) is 17.9 Å². The van der Waals surface area contributed by atoms with Gasteiger partial charge in [-0.3, -0.25) is 10.1 Å². The molecule has 10 heteroatoms. The summed E-state index contributed by atoms with van der Waals surface area (Å²) in [5, 5.41) is 17.7. The second-order valence-corrected chi connectivity index (χ2v) is 9.40. The molecular weight excluding hydrogens is 440 g/mol. The second kappa shape index (κ2) is 8.43. The Hall–Kier alpha value is -3.53. The number of ether oxygens (including phenoxy) is 2. The third kappa shape index (κ3) is 4.02. The molecule has 0 unspecified atom stereocenters. The molecule has 1 aromatic carbocycles. The van der Waals surface area contributed by atoms with E-state index in [0.29, 0.717) is 52.1 Å². The van der Waals surface area contributed by atoms with Crippen LogP contribution in [0.5, 0.6) is 11.5 Å². The zero-order valence-corrected chi connectivity index (χ0v) is 19.6. The van der Waals surface area contributed by atoms with Gasteiger partial charge in [0.25, 0.3) is 5.91 Å². The number of nitrogens with zero attached hydrogens (tertiary/aromatic N) is 5. The third-order valence-corrected chi connectivity index (χ3v) is 6.43. The van der Waals surface area contributed by atoms with Gasteiger partial charge in [0.2, 0.25) is 5.13 Å². The number of fused-ring (bicyclic) bond motifs is 2. The van der Waals surface area contributed by atoms with Gasteiger partial charge in [0, 0.05) is 17.5 Å². The Morgan fingerprint density at radius 2 is 1.88 bits per heavy atom. The van der Waals surface area contributed by atoms with Crippen LogP contribution in [-0.2, 0) is 0 Å². The maximum atomic E-state index is 13.3. The number of hydrogen-bond acceptors (Lipinski definition) is 8. The van der Waals surface area contributed by atoms with Crippen LogP contribution in [-0.4, -0.2) is 44.1 Å². The van der Waals surface area contributed by atoms with Crippen LogP contribution < -0.4 is 14.8 Å². The molecular formula is C23H24N6O3S. The molecule has 0 fully saturated rings. The van der Waals surface area contributed by atoms with E-state index < -0.39 is 0 Å². The van der Waals surface area contributed by atoms with Gasteiger partial charge in [-0.2, -0.15) is 5.10 Å². The Morgan fingerprint density at radius 1 is 1.09 bits per heavy atom. The minimum Gasteiger partial charge on any atom is -0.486 e. The van der Waals surface area contributed by atoms with Crippen LogP contribution >= 0.6 is 11.3 Å². The monoisotopic (exact) mass is 464 g/mol. The summed E-state index contributed by atoms with van der Waals surface area (Å²) in [5.41, 5.74) is 2.58. The minimum atomic E-state index is -0.282. The van der Waals surface area contributed by atoms with Gasteiger partial charge in [-0.15, -0.1) is 10.2 Å². The molecule has 1 aliphatic heterocycles. The predicted octanol–water partition coefficient (Wildman–Crippen LogP) is 4.68. The highest BCUT2D eigenvalue weighted by Crippen LogP contribution is 2.35. The minimum absolute atomic E-state index is 0.0817. The van der Waals surface area contributed by atoms with E-state index in [1.165, 1.54) is 11.3 Å². The van der Waals surface area contributed by atoms with Gasteiger partial charge in [-0.1, -0.05) is 25.2 Å². The summed E-state index contributed by atoms with van der Waals surface area (Å²) in [6, 6.07) is 7.53. The van der Waals surface area contributed by atoms with Gasteiger partial charge < -0.3 is 9.47 Å². The lowest BCUT2D eigenvalue weighted by atomic mass is 10.1. The van der Waals surface area contributed by atoms with Gasteiger partial charge in [-0.25, -0.2) is 9.67 Å². The molecule has 1 amide bonds. The maximum Gasteiger partial charge on any atom is 0.258 e. The smallest absolute Gasteiger partial charge is 0.258 e. The molecule has 9 nitrogen and oxygen atoms in total. The molecule has 0 spiro atoms. The quantitative estimate of drug-likeness (QED) is 0.457. The molecule has 170 valence electrons. The highest BCUT2D eigenvalue weighted by atomic mass is 32.1. The first-order valence-corrected chi connectivity index (χ1v) is 11.7. The summed E-state index contributed by atoms with van der Waals surface area (Å²) in [7, 11) is 0. The zero-order chi connectivity index (χ0) is 23.1. The van der Waals surface area contributed by atoms with Crippen molar-refractivity contribution in [2.45, 2.75) is 39.7 Å². The van der Waals surface area contributed by atoms with Crippen LogP contribution in [0.3, 0.4) is 0 Å². The normalized spacial score (nSPS) is 13.2. The fraction of sp³-hybridized carbons (Fsp3) is 0.348. The molecule has 1 aliphatic rings. The second-order valence-electron chi connectivity index (χ2n) is 8.39. The Labute approximate surface area is 194 Å². The average molecular weight is 465 g/mol. The number of amides is 1. The third-order valence-electron chi connectivity index (χ3n) is 5.29. The Balaban J connectivity index is 1.59. The van der Waals surface area contributed by atoms with Crippen LogP contribution in [0.2, 0.25) is 0 Å².